The Morgan fingerprint density at radius 3 is 2.38 bits per heavy atom. The van der Waals surface area contributed by atoms with E-state index in [1.165, 1.54) is 0 Å². The van der Waals surface area contributed by atoms with Gasteiger partial charge in [0.05, 0.1) is 5.75 Å². The largest absolute Gasteiger partial charge is 0.317 e. The highest BCUT2D eigenvalue weighted by Gasteiger charge is 2.09. The monoisotopic (exact) mass is 207 g/mol. The SMILES string of the molecule is CCCS(=O)(=O)CCCC(C)NC. The molecule has 0 radical (unpaired) electrons. The van der Waals surface area contributed by atoms with Crippen LogP contribution in [-0.4, -0.2) is 33.0 Å². The maximum atomic E-state index is 11.3. The maximum absolute atomic E-state index is 11.3. The van der Waals surface area contributed by atoms with Crippen molar-refractivity contribution in [3.05, 3.63) is 0 Å². The van der Waals surface area contributed by atoms with Crippen molar-refractivity contribution in [1.29, 1.82) is 0 Å². The van der Waals surface area contributed by atoms with Crippen LogP contribution in [0.3, 0.4) is 0 Å². The zero-order chi connectivity index (χ0) is 10.3. The highest BCUT2D eigenvalue weighted by molar-refractivity contribution is 7.91. The number of sulfone groups is 1. The molecule has 1 N–H and O–H groups in total. The molecule has 1 unspecified atom stereocenters. The molecular formula is C9H21NO2S. The summed E-state index contributed by atoms with van der Waals surface area (Å²) in [5.41, 5.74) is 0. The second-order valence-electron chi connectivity index (χ2n) is 3.48. The number of hydrogen-bond acceptors (Lipinski definition) is 3. The van der Waals surface area contributed by atoms with Gasteiger partial charge in [-0.05, 0) is 33.2 Å². The first-order chi connectivity index (χ1) is 6.02. The summed E-state index contributed by atoms with van der Waals surface area (Å²) in [5, 5.41) is 3.09. The van der Waals surface area contributed by atoms with Gasteiger partial charge in [0, 0.05) is 11.8 Å². The predicted molar refractivity (Wildman–Crippen MR) is 56.7 cm³/mol. The molecule has 0 bridgehead atoms. The summed E-state index contributed by atoms with van der Waals surface area (Å²) >= 11 is 0. The fourth-order valence-electron chi connectivity index (χ4n) is 1.17. The Balaban J connectivity index is 3.64. The average molecular weight is 207 g/mol. The number of rotatable bonds is 7. The fraction of sp³-hybridized carbons (Fsp3) is 1.00. The Kier molecular flexibility index (Phi) is 6.33. The van der Waals surface area contributed by atoms with Crippen LogP contribution in [-0.2, 0) is 9.84 Å². The van der Waals surface area contributed by atoms with E-state index < -0.39 is 9.84 Å². The van der Waals surface area contributed by atoms with Gasteiger partial charge in [0.15, 0.2) is 0 Å². The molecule has 1 atom stereocenters. The van der Waals surface area contributed by atoms with Crippen molar-refractivity contribution in [1.82, 2.24) is 5.32 Å². The van der Waals surface area contributed by atoms with Crippen molar-refractivity contribution in [2.75, 3.05) is 18.6 Å². The predicted octanol–water partition coefficient (Wildman–Crippen LogP) is 1.20. The van der Waals surface area contributed by atoms with Crippen LogP contribution >= 0.6 is 0 Å². The third kappa shape index (κ3) is 7.02. The van der Waals surface area contributed by atoms with E-state index in [0.29, 0.717) is 17.5 Å². The fourth-order valence-corrected chi connectivity index (χ4v) is 2.60. The summed E-state index contributed by atoms with van der Waals surface area (Å²) in [6, 6.07) is 0.414. The van der Waals surface area contributed by atoms with Crippen molar-refractivity contribution in [2.24, 2.45) is 0 Å². The molecule has 3 nitrogen and oxygen atoms in total. The molecule has 0 heterocycles. The molecule has 80 valence electrons. The van der Waals surface area contributed by atoms with Crippen LogP contribution in [0.4, 0.5) is 0 Å². The van der Waals surface area contributed by atoms with Crippen LogP contribution in [0.5, 0.6) is 0 Å². The minimum absolute atomic E-state index is 0.334. The van der Waals surface area contributed by atoms with Crippen LogP contribution in [0.15, 0.2) is 0 Å². The van der Waals surface area contributed by atoms with E-state index in [-0.39, 0.29) is 0 Å². The van der Waals surface area contributed by atoms with Gasteiger partial charge < -0.3 is 5.32 Å². The first-order valence-corrected chi connectivity index (χ1v) is 6.71. The molecule has 0 rings (SSSR count). The number of nitrogens with one attached hydrogen (secondary N) is 1. The Bertz CT molecular complexity index is 212. The van der Waals surface area contributed by atoms with Gasteiger partial charge in [0.25, 0.3) is 0 Å². The van der Waals surface area contributed by atoms with E-state index in [1.54, 1.807) is 0 Å². The molecule has 0 aliphatic carbocycles. The Labute approximate surface area is 81.8 Å². The highest BCUT2D eigenvalue weighted by atomic mass is 32.2. The van der Waals surface area contributed by atoms with Crippen LogP contribution in [0, 0.1) is 0 Å². The normalized spacial score (nSPS) is 14.4. The standard InChI is InChI=1S/C9H21NO2S/c1-4-7-13(11,12)8-5-6-9(2)10-3/h9-10H,4-8H2,1-3H3. The van der Waals surface area contributed by atoms with Gasteiger partial charge in [-0.2, -0.15) is 0 Å². The van der Waals surface area contributed by atoms with E-state index in [4.69, 9.17) is 0 Å². The topological polar surface area (TPSA) is 46.2 Å². The summed E-state index contributed by atoms with van der Waals surface area (Å²) in [5.74, 6) is 0.674. The zero-order valence-electron chi connectivity index (χ0n) is 8.84. The lowest BCUT2D eigenvalue weighted by atomic mass is 10.2. The maximum Gasteiger partial charge on any atom is 0.150 e. The molecule has 0 saturated carbocycles. The van der Waals surface area contributed by atoms with E-state index >= 15 is 0 Å². The van der Waals surface area contributed by atoms with Crippen molar-refractivity contribution >= 4 is 9.84 Å². The Hall–Kier alpha value is -0.0900. The third-order valence-corrected chi connectivity index (χ3v) is 4.04. The van der Waals surface area contributed by atoms with Crippen LogP contribution in [0.2, 0.25) is 0 Å². The lowest BCUT2D eigenvalue weighted by Crippen LogP contribution is -2.22. The van der Waals surface area contributed by atoms with Gasteiger partial charge in [-0.15, -0.1) is 0 Å². The van der Waals surface area contributed by atoms with Gasteiger partial charge in [0.1, 0.15) is 9.84 Å². The van der Waals surface area contributed by atoms with Crippen molar-refractivity contribution in [2.45, 2.75) is 39.2 Å². The van der Waals surface area contributed by atoms with Crippen LogP contribution in [0.25, 0.3) is 0 Å². The third-order valence-electron chi connectivity index (χ3n) is 2.10. The minimum Gasteiger partial charge on any atom is -0.317 e. The molecule has 0 aliphatic rings. The smallest absolute Gasteiger partial charge is 0.150 e. The van der Waals surface area contributed by atoms with Crippen molar-refractivity contribution < 1.29 is 8.42 Å². The van der Waals surface area contributed by atoms with Gasteiger partial charge in [-0.25, -0.2) is 8.42 Å². The quantitative estimate of drug-likeness (QED) is 0.682. The molecule has 0 spiro atoms. The summed E-state index contributed by atoms with van der Waals surface area (Å²) in [6.45, 7) is 3.96. The van der Waals surface area contributed by atoms with E-state index in [0.717, 1.165) is 19.3 Å². The highest BCUT2D eigenvalue weighted by Crippen LogP contribution is 2.01. The molecular weight excluding hydrogens is 186 g/mol. The molecule has 0 saturated heterocycles. The lowest BCUT2D eigenvalue weighted by Gasteiger charge is -2.09. The van der Waals surface area contributed by atoms with Gasteiger partial charge in [-0.3, -0.25) is 0 Å². The second kappa shape index (κ2) is 6.38. The van der Waals surface area contributed by atoms with E-state index in [9.17, 15) is 8.42 Å². The second-order valence-corrected chi connectivity index (χ2v) is 5.79. The van der Waals surface area contributed by atoms with Gasteiger partial charge in [-0.1, -0.05) is 6.92 Å². The van der Waals surface area contributed by atoms with Crippen LogP contribution in [0.1, 0.15) is 33.1 Å². The van der Waals surface area contributed by atoms with Gasteiger partial charge >= 0.3 is 0 Å². The number of hydrogen-bond donors (Lipinski definition) is 1. The zero-order valence-corrected chi connectivity index (χ0v) is 9.65. The molecule has 0 fully saturated rings. The Morgan fingerprint density at radius 2 is 1.92 bits per heavy atom. The molecule has 0 amide bonds. The molecule has 4 heteroatoms. The lowest BCUT2D eigenvalue weighted by molar-refractivity contribution is 0.548. The van der Waals surface area contributed by atoms with Gasteiger partial charge in [0.2, 0.25) is 0 Å². The van der Waals surface area contributed by atoms with E-state index in [1.807, 2.05) is 14.0 Å². The van der Waals surface area contributed by atoms with Crippen molar-refractivity contribution in [3.63, 3.8) is 0 Å². The first kappa shape index (κ1) is 12.9. The summed E-state index contributed by atoms with van der Waals surface area (Å²) in [7, 11) is -0.869. The summed E-state index contributed by atoms with van der Waals surface area (Å²) in [6.07, 6.45) is 2.42. The molecule has 0 aromatic heterocycles. The summed E-state index contributed by atoms with van der Waals surface area (Å²) in [4.78, 5) is 0. The molecule has 0 aliphatic heterocycles. The molecule has 0 aromatic carbocycles. The Morgan fingerprint density at radius 1 is 1.31 bits per heavy atom. The van der Waals surface area contributed by atoms with Crippen LogP contribution < -0.4 is 5.32 Å². The van der Waals surface area contributed by atoms with E-state index in [2.05, 4.69) is 12.2 Å². The summed E-state index contributed by atoms with van der Waals surface area (Å²) < 4.78 is 22.6. The molecule has 0 aromatic rings. The first-order valence-electron chi connectivity index (χ1n) is 4.89. The van der Waals surface area contributed by atoms with Crippen molar-refractivity contribution in [3.8, 4) is 0 Å². The minimum atomic E-state index is -2.76. The average Bonchev–Trinajstić information content (AvgIpc) is 2.03. The molecule has 13 heavy (non-hydrogen) atoms.